The number of hydrogen-bond acceptors (Lipinski definition) is 3. The predicted octanol–water partition coefficient (Wildman–Crippen LogP) is 2.74. The number of nitrogens with zero attached hydrogens (tertiary/aromatic N) is 2. The van der Waals surface area contributed by atoms with Crippen molar-refractivity contribution in [2.45, 2.75) is 13.0 Å². The Morgan fingerprint density at radius 3 is 2.24 bits per heavy atom. The van der Waals surface area contributed by atoms with E-state index in [9.17, 15) is 14.7 Å². The highest BCUT2D eigenvalue weighted by Crippen LogP contribution is 2.17. The van der Waals surface area contributed by atoms with Crippen molar-refractivity contribution in [2.24, 2.45) is 0 Å². The molecule has 1 amide bonds. The van der Waals surface area contributed by atoms with E-state index < -0.39 is 17.9 Å². The summed E-state index contributed by atoms with van der Waals surface area (Å²) in [7, 11) is 0. The average Bonchev–Trinajstić information content (AvgIpc) is 3.02. The molecule has 1 aromatic heterocycles. The Balaban J connectivity index is 1.86. The molecule has 2 N–H and O–H groups in total. The molecule has 1 atom stereocenters. The van der Waals surface area contributed by atoms with Gasteiger partial charge in [0.25, 0.3) is 5.91 Å². The minimum atomic E-state index is -1.12. The molecule has 0 aliphatic carbocycles. The number of carbonyl (C=O) groups is 2. The second-order valence-electron chi connectivity index (χ2n) is 5.55. The number of aromatic nitrogens is 2. The number of para-hydroxylation sites is 1. The molecule has 2 aromatic carbocycles. The van der Waals surface area contributed by atoms with Crippen LogP contribution in [0.25, 0.3) is 5.69 Å². The van der Waals surface area contributed by atoms with Crippen molar-refractivity contribution in [1.29, 1.82) is 0 Å². The van der Waals surface area contributed by atoms with E-state index in [1.807, 2.05) is 30.3 Å². The summed E-state index contributed by atoms with van der Waals surface area (Å²) in [5.74, 6) is -1.59. The Morgan fingerprint density at radius 1 is 1.04 bits per heavy atom. The fourth-order valence-electron chi connectivity index (χ4n) is 2.60. The second-order valence-corrected chi connectivity index (χ2v) is 5.55. The highest BCUT2D eigenvalue weighted by Gasteiger charge is 2.24. The minimum absolute atomic E-state index is 0.339. The van der Waals surface area contributed by atoms with E-state index in [-0.39, 0.29) is 0 Å². The lowest BCUT2D eigenvalue weighted by molar-refractivity contribution is -0.139. The molecule has 0 saturated carbocycles. The topological polar surface area (TPSA) is 84.2 Å². The number of carboxylic acid groups (broad SMARTS) is 1. The van der Waals surface area contributed by atoms with Gasteiger partial charge in [0.2, 0.25) is 0 Å². The molecule has 0 fully saturated rings. The van der Waals surface area contributed by atoms with E-state index in [4.69, 9.17) is 0 Å². The molecule has 25 heavy (non-hydrogen) atoms. The van der Waals surface area contributed by atoms with Crippen LogP contribution in [-0.2, 0) is 4.79 Å². The lowest BCUT2D eigenvalue weighted by Crippen LogP contribution is -2.34. The summed E-state index contributed by atoms with van der Waals surface area (Å²) in [6.07, 6.45) is 1.45. The summed E-state index contributed by atoms with van der Waals surface area (Å²) >= 11 is 0. The lowest BCUT2D eigenvalue weighted by Gasteiger charge is -2.14. The number of rotatable bonds is 5. The fraction of sp³-hybridized carbons (Fsp3) is 0.105. The van der Waals surface area contributed by atoms with Gasteiger partial charge in [0.1, 0.15) is 0 Å². The van der Waals surface area contributed by atoms with E-state index in [0.29, 0.717) is 16.8 Å². The van der Waals surface area contributed by atoms with Gasteiger partial charge in [0.15, 0.2) is 6.04 Å². The highest BCUT2D eigenvalue weighted by molar-refractivity contribution is 5.97. The van der Waals surface area contributed by atoms with E-state index in [2.05, 4.69) is 10.4 Å². The van der Waals surface area contributed by atoms with Gasteiger partial charge in [0, 0.05) is 0 Å². The number of carbonyl (C=O) groups excluding carboxylic acids is 1. The normalized spacial score (nSPS) is 11.7. The SMILES string of the molecule is Cc1c(C(=O)NC(C(=O)O)c2ccccc2)cnn1-c1ccccc1. The van der Waals surface area contributed by atoms with Crippen molar-refractivity contribution >= 4 is 11.9 Å². The van der Waals surface area contributed by atoms with Crippen molar-refractivity contribution in [2.75, 3.05) is 0 Å². The van der Waals surface area contributed by atoms with Gasteiger partial charge in [-0.2, -0.15) is 5.10 Å². The van der Waals surface area contributed by atoms with Crippen LogP contribution in [0.3, 0.4) is 0 Å². The summed E-state index contributed by atoms with van der Waals surface area (Å²) in [4.78, 5) is 24.1. The van der Waals surface area contributed by atoms with Crippen LogP contribution in [0.2, 0.25) is 0 Å². The Morgan fingerprint density at radius 2 is 1.64 bits per heavy atom. The van der Waals surface area contributed by atoms with Crippen LogP contribution in [0.4, 0.5) is 0 Å². The molecule has 1 heterocycles. The van der Waals surface area contributed by atoms with Gasteiger partial charge < -0.3 is 10.4 Å². The molecule has 6 heteroatoms. The average molecular weight is 335 g/mol. The minimum Gasteiger partial charge on any atom is -0.479 e. The molecule has 0 bridgehead atoms. The molecular formula is C19H17N3O3. The third kappa shape index (κ3) is 3.42. The number of amides is 1. The molecule has 0 radical (unpaired) electrons. The smallest absolute Gasteiger partial charge is 0.330 e. The van der Waals surface area contributed by atoms with Gasteiger partial charge in [0.05, 0.1) is 23.1 Å². The molecule has 3 rings (SSSR count). The van der Waals surface area contributed by atoms with Gasteiger partial charge in [-0.3, -0.25) is 4.79 Å². The van der Waals surface area contributed by atoms with E-state index in [1.54, 1.807) is 41.9 Å². The number of hydrogen-bond donors (Lipinski definition) is 2. The van der Waals surface area contributed by atoms with Gasteiger partial charge in [-0.15, -0.1) is 0 Å². The maximum absolute atomic E-state index is 12.6. The highest BCUT2D eigenvalue weighted by atomic mass is 16.4. The van der Waals surface area contributed by atoms with E-state index in [0.717, 1.165) is 5.69 Å². The molecule has 6 nitrogen and oxygen atoms in total. The predicted molar refractivity (Wildman–Crippen MR) is 92.6 cm³/mol. The zero-order valence-electron chi connectivity index (χ0n) is 13.6. The number of carboxylic acids is 1. The van der Waals surface area contributed by atoms with E-state index >= 15 is 0 Å². The van der Waals surface area contributed by atoms with Crippen molar-refractivity contribution in [3.8, 4) is 5.69 Å². The van der Waals surface area contributed by atoms with Crippen molar-refractivity contribution < 1.29 is 14.7 Å². The molecule has 0 aliphatic heterocycles. The zero-order chi connectivity index (χ0) is 17.8. The summed E-state index contributed by atoms with van der Waals surface area (Å²) < 4.78 is 1.65. The first-order valence-electron chi connectivity index (χ1n) is 7.76. The van der Waals surface area contributed by atoms with Crippen LogP contribution in [0, 0.1) is 6.92 Å². The third-order valence-corrected chi connectivity index (χ3v) is 3.91. The van der Waals surface area contributed by atoms with Crippen LogP contribution in [-0.4, -0.2) is 26.8 Å². The summed E-state index contributed by atoms with van der Waals surface area (Å²) in [5, 5.41) is 16.2. The summed E-state index contributed by atoms with van der Waals surface area (Å²) in [5.41, 5.74) is 2.32. The monoisotopic (exact) mass is 335 g/mol. The Labute approximate surface area is 144 Å². The van der Waals surface area contributed by atoms with Crippen LogP contribution < -0.4 is 5.32 Å². The number of benzene rings is 2. The lowest BCUT2D eigenvalue weighted by atomic mass is 10.1. The molecular weight excluding hydrogens is 318 g/mol. The van der Waals surface area contributed by atoms with Gasteiger partial charge in [-0.1, -0.05) is 48.5 Å². The van der Waals surface area contributed by atoms with Gasteiger partial charge in [-0.05, 0) is 24.6 Å². The van der Waals surface area contributed by atoms with Gasteiger partial charge >= 0.3 is 5.97 Å². The van der Waals surface area contributed by atoms with Crippen LogP contribution in [0.15, 0.2) is 66.9 Å². The maximum atomic E-state index is 12.6. The molecule has 1 unspecified atom stereocenters. The first-order chi connectivity index (χ1) is 12.1. The molecule has 0 spiro atoms. The van der Waals surface area contributed by atoms with E-state index in [1.165, 1.54) is 6.20 Å². The number of aliphatic carboxylic acids is 1. The van der Waals surface area contributed by atoms with Gasteiger partial charge in [-0.25, -0.2) is 9.48 Å². The standard InChI is InChI=1S/C19H17N3O3/c1-13-16(12-20-22(13)15-10-6-3-7-11-15)18(23)21-17(19(24)25)14-8-4-2-5-9-14/h2-12,17H,1H3,(H,21,23)(H,24,25). The molecule has 0 aliphatic rings. The maximum Gasteiger partial charge on any atom is 0.330 e. The van der Waals surface area contributed by atoms with Crippen molar-refractivity contribution in [3.05, 3.63) is 83.7 Å². The Kier molecular flexibility index (Phi) is 4.61. The quantitative estimate of drug-likeness (QED) is 0.751. The largest absolute Gasteiger partial charge is 0.479 e. The summed E-state index contributed by atoms with van der Waals surface area (Å²) in [6, 6.07) is 16.9. The molecule has 0 saturated heterocycles. The molecule has 3 aromatic rings. The fourth-order valence-corrected chi connectivity index (χ4v) is 2.60. The first kappa shape index (κ1) is 16.4. The second kappa shape index (κ2) is 7.00. The van der Waals surface area contributed by atoms with Crippen molar-refractivity contribution in [1.82, 2.24) is 15.1 Å². The summed E-state index contributed by atoms with van der Waals surface area (Å²) in [6.45, 7) is 1.77. The first-order valence-corrected chi connectivity index (χ1v) is 7.76. The Bertz CT molecular complexity index is 889. The van der Waals surface area contributed by atoms with Crippen molar-refractivity contribution in [3.63, 3.8) is 0 Å². The zero-order valence-corrected chi connectivity index (χ0v) is 13.6. The van der Waals surface area contributed by atoms with Crippen LogP contribution in [0.5, 0.6) is 0 Å². The Hall–Kier alpha value is -3.41. The van der Waals surface area contributed by atoms with Crippen LogP contribution >= 0.6 is 0 Å². The molecule has 126 valence electrons. The third-order valence-electron chi connectivity index (χ3n) is 3.91. The number of nitrogens with one attached hydrogen (secondary N) is 1. The van der Waals surface area contributed by atoms with Crippen LogP contribution in [0.1, 0.15) is 27.7 Å².